The fourth-order valence-electron chi connectivity index (χ4n) is 3.09. The maximum Gasteiger partial charge on any atom is 0.282 e. The molecule has 2 aliphatic rings. The number of amides is 1. The zero-order chi connectivity index (χ0) is 19.7. The molecule has 0 atom stereocenters. The van der Waals surface area contributed by atoms with Crippen LogP contribution in [0.15, 0.2) is 71.8 Å². The molecule has 4 rings (SSSR count). The van der Waals surface area contributed by atoms with Gasteiger partial charge in [-0.15, -0.1) is 0 Å². The lowest BCUT2D eigenvalue weighted by atomic mass is 10.1. The summed E-state index contributed by atoms with van der Waals surface area (Å²) in [6.07, 6.45) is 3.47. The minimum atomic E-state index is -0.297. The fraction of sp³-hybridized carbons (Fsp3) is 0.136. The lowest BCUT2D eigenvalue weighted by Gasteiger charge is -2.11. The smallest absolute Gasteiger partial charge is 0.282 e. The number of nitrogens with one attached hydrogen (secondary N) is 1. The number of rotatable bonds is 4. The van der Waals surface area contributed by atoms with E-state index in [1.54, 1.807) is 12.4 Å². The molecule has 2 aromatic rings. The van der Waals surface area contributed by atoms with Crippen molar-refractivity contribution in [2.45, 2.75) is 20.4 Å². The average Bonchev–Trinajstić information content (AvgIpc) is 3.06. The topological polar surface area (TPSA) is 68.9 Å². The Kier molecular flexibility index (Phi) is 4.53. The Balaban J connectivity index is 1.82. The van der Waals surface area contributed by atoms with E-state index in [9.17, 15) is 9.59 Å². The Bertz CT molecular complexity index is 1160. The number of hydrogen-bond donors (Lipinski definition) is 1. The Labute approximate surface area is 162 Å². The molecule has 6 heteroatoms. The Morgan fingerprint density at radius 1 is 1.04 bits per heavy atom. The van der Waals surface area contributed by atoms with Gasteiger partial charge in [0.25, 0.3) is 11.5 Å². The van der Waals surface area contributed by atoms with Crippen LogP contribution in [-0.4, -0.2) is 20.3 Å². The number of aromatic nitrogens is 3. The molecule has 0 aliphatic carbocycles. The summed E-state index contributed by atoms with van der Waals surface area (Å²) < 4.78 is 3.16. The third-order valence-corrected chi connectivity index (χ3v) is 4.64. The maximum atomic E-state index is 13.0. The zero-order valence-electron chi connectivity index (χ0n) is 15.7. The summed E-state index contributed by atoms with van der Waals surface area (Å²) in [6, 6.07) is 16.8. The minimum absolute atomic E-state index is 0.242. The first-order chi connectivity index (χ1) is 13.6. The van der Waals surface area contributed by atoms with Gasteiger partial charge in [-0.25, -0.2) is 0 Å². The molecule has 2 aliphatic heterocycles. The van der Waals surface area contributed by atoms with Gasteiger partial charge >= 0.3 is 0 Å². The van der Waals surface area contributed by atoms with Crippen molar-refractivity contribution >= 4 is 11.6 Å². The lowest BCUT2D eigenvalue weighted by Crippen LogP contribution is -2.17. The highest BCUT2D eigenvalue weighted by Gasteiger charge is 2.24. The molecule has 0 saturated carbocycles. The van der Waals surface area contributed by atoms with Crippen LogP contribution in [0.2, 0.25) is 0 Å². The Morgan fingerprint density at radius 2 is 1.75 bits per heavy atom. The second-order valence-electron chi connectivity index (χ2n) is 6.64. The molecule has 0 fully saturated rings. The molecule has 0 saturated heterocycles. The molecule has 0 spiro atoms. The van der Waals surface area contributed by atoms with Gasteiger partial charge in [-0.2, -0.15) is 9.78 Å². The summed E-state index contributed by atoms with van der Waals surface area (Å²) in [5.41, 5.74) is 3.41. The molecule has 2 aromatic carbocycles. The van der Waals surface area contributed by atoms with Crippen LogP contribution in [-0.2, 0) is 6.54 Å². The summed E-state index contributed by atoms with van der Waals surface area (Å²) in [5, 5.41) is 7.36. The van der Waals surface area contributed by atoms with Crippen LogP contribution in [0.4, 0.5) is 5.69 Å². The zero-order valence-corrected chi connectivity index (χ0v) is 15.7. The third-order valence-electron chi connectivity index (χ3n) is 4.64. The summed E-state index contributed by atoms with van der Waals surface area (Å²) in [7, 11) is 0. The highest BCUT2D eigenvalue weighted by atomic mass is 16.2. The van der Waals surface area contributed by atoms with Gasteiger partial charge in [-0.1, -0.05) is 35.9 Å². The Morgan fingerprint density at radius 3 is 2.43 bits per heavy atom. The van der Waals surface area contributed by atoms with Crippen molar-refractivity contribution in [2.24, 2.45) is 0 Å². The number of pyridine rings is 1. The van der Waals surface area contributed by atoms with Crippen LogP contribution in [0.1, 0.15) is 22.8 Å². The number of hydrogen-bond acceptors (Lipinski definition) is 3. The first kappa shape index (κ1) is 17.7. The third kappa shape index (κ3) is 3.20. The molecule has 1 amide bonds. The number of aryl methyl sites for hydroxylation is 2. The molecule has 28 heavy (non-hydrogen) atoms. The van der Waals surface area contributed by atoms with Crippen LogP contribution < -0.4 is 10.9 Å². The predicted octanol–water partition coefficient (Wildman–Crippen LogP) is 3.72. The maximum absolute atomic E-state index is 13.0. The van der Waals surface area contributed by atoms with E-state index in [0.29, 0.717) is 34.7 Å². The van der Waals surface area contributed by atoms with Gasteiger partial charge in [0.05, 0.1) is 16.8 Å². The highest BCUT2D eigenvalue weighted by Crippen LogP contribution is 2.23. The van der Waals surface area contributed by atoms with Gasteiger partial charge in [-0.3, -0.25) is 9.59 Å². The first-order valence-corrected chi connectivity index (χ1v) is 9.13. The SMILES string of the molecule is CCn1cc(C(=O)Nc2ccc(C)cc2)c2nn(-c3ccccc3)c(=O)c-2c1. The van der Waals surface area contributed by atoms with Crippen molar-refractivity contribution in [3.8, 4) is 16.9 Å². The van der Waals surface area contributed by atoms with Crippen LogP contribution in [0, 0.1) is 6.92 Å². The van der Waals surface area contributed by atoms with Crippen molar-refractivity contribution in [2.75, 3.05) is 5.32 Å². The van der Waals surface area contributed by atoms with Gasteiger partial charge in [0, 0.05) is 24.6 Å². The predicted molar refractivity (Wildman–Crippen MR) is 109 cm³/mol. The molecular weight excluding hydrogens is 352 g/mol. The van der Waals surface area contributed by atoms with E-state index in [1.807, 2.05) is 73.0 Å². The number of para-hydroxylation sites is 1. The molecule has 0 unspecified atom stereocenters. The molecule has 140 valence electrons. The number of nitrogens with zero attached hydrogens (tertiary/aromatic N) is 3. The second kappa shape index (κ2) is 7.15. The molecule has 1 N–H and O–H groups in total. The Hall–Kier alpha value is -3.67. The van der Waals surface area contributed by atoms with Crippen molar-refractivity contribution in [3.05, 3.63) is 88.5 Å². The van der Waals surface area contributed by atoms with Gasteiger partial charge < -0.3 is 9.88 Å². The van der Waals surface area contributed by atoms with Gasteiger partial charge in [0.1, 0.15) is 5.69 Å². The van der Waals surface area contributed by atoms with E-state index >= 15 is 0 Å². The molecular formula is C22H20N4O2. The van der Waals surface area contributed by atoms with E-state index in [2.05, 4.69) is 10.4 Å². The summed E-state index contributed by atoms with van der Waals surface area (Å²) >= 11 is 0. The molecule has 0 aromatic heterocycles. The van der Waals surface area contributed by atoms with Gasteiger partial charge in [0.15, 0.2) is 0 Å². The van der Waals surface area contributed by atoms with Gasteiger partial charge in [-0.05, 0) is 38.1 Å². The quantitative estimate of drug-likeness (QED) is 0.594. The number of fused-ring (bicyclic) bond motifs is 1. The fourth-order valence-corrected chi connectivity index (χ4v) is 3.09. The monoisotopic (exact) mass is 372 g/mol. The van der Waals surface area contributed by atoms with E-state index in [-0.39, 0.29) is 11.5 Å². The lowest BCUT2D eigenvalue weighted by molar-refractivity contribution is 0.102. The molecule has 6 nitrogen and oxygen atoms in total. The average molecular weight is 372 g/mol. The summed E-state index contributed by atoms with van der Waals surface area (Å²) in [6.45, 7) is 4.58. The van der Waals surface area contributed by atoms with Crippen LogP contribution in [0.25, 0.3) is 16.9 Å². The van der Waals surface area contributed by atoms with Crippen LogP contribution >= 0.6 is 0 Å². The minimum Gasteiger partial charge on any atom is -0.353 e. The number of anilines is 1. The molecule has 2 heterocycles. The second-order valence-corrected chi connectivity index (χ2v) is 6.64. The van der Waals surface area contributed by atoms with E-state index in [0.717, 1.165) is 5.56 Å². The van der Waals surface area contributed by atoms with Crippen LogP contribution in [0.3, 0.4) is 0 Å². The van der Waals surface area contributed by atoms with Crippen molar-refractivity contribution in [1.82, 2.24) is 14.3 Å². The highest BCUT2D eigenvalue weighted by molar-refractivity contribution is 6.08. The van der Waals surface area contributed by atoms with E-state index in [4.69, 9.17) is 0 Å². The molecule has 0 bridgehead atoms. The molecule has 0 radical (unpaired) electrons. The van der Waals surface area contributed by atoms with E-state index in [1.165, 1.54) is 4.68 Å². The van der Waals surface area contributed by atoms with Crippen molar-refractivity contribution in [3.63, 3.8) is 0 Å². The van der Waals surface area contributed by atoms with E-state index < -0.39 is 0 Å². The summed E-state index contributed by atoms with van der Waals surface area (Å²) in [4.78, 5) is 25.9. The number of carbonyl (C=O) groups is 1. The first-order valence-electron chi connectivity index (χ1n) is 9.13. The van der Waals surface area contributed by atoms with Crippen molar-refractivity contribution in [1.29, 1.82) is 0 Å². The largest absolute Gasteiger partial charge is 0.353 e. The summed E-state index contributed by atoms with van der Waals surface area (Å²) in [5.74, 6) is -0.297. The number of carbonyl (C=O) groups excluding carboxylic acids is 1. The standard InChI is InChI=1S/C22H20N4O2/c1-3-25-13-18(21(27)23-16-11-9-15(2)10-12-16)20-19(14-25)22(28)26(24-20)17-7-5-4-6-8-17/h4-14H,3H2,1-2H3,(H,23,27). The van der Waals surface area contributed by atoms with Crippen molar-refractivity contribution < 1.29 is 4.79 Å². The van der Waals surface area contributed by atoms with Gasteiger partial charge in [0.2, 0.25) is 0 Å². The normalized spacial score (nSPS) is 10.9. The number of benzene rings is 2. The van der Waals surface area contributed by atoms with Crippen LogP contribution in [0.5, 0.6) is 0 Å².